The van der Waals surface area contributed by atoms with Gasteiger partial charge in [0.05, 0.1) is 11.9 Å². The second-order valence-electron chi connectivity index (χ2n) is 4.05. The lowest BCUT2D eigenvalue weighted by molar-refractivity contribution is 0.819. The van der Waals surface area contributed by atoms with E-state index in [9.17, 15) is 0 Å². The predicted octanol–water partition coefficient (Wildman–Crippen LogP) is 3.59. The summed E-state index contributed by atoms with van der Waals surface area (Å²) in [4.78, 5) is 4.36. The zero-order valence-electron chi connectivity index (χ0n) is 10.7. The molecule has 0 spiro atoms. The van der Waals surface area contributed by atoms with Crippen molar-refractivity contribution in [3.8, 4) is 0 Å². The quantitative estimate of drug-likeness (QED) is 0.796. The lowest BCUT2D eigenvalue weighted by Gasteiger charge is -2.08. The fraction of sp³-hybridized carbons (Fsp3) is 0.308. The maximum absolute atomic E-state index is 4.36. The molecule has 0 aliphatic rings. The van der Waals surface area contributed by atoms with Gasteiger partial charge in [-0.1, -0.05) is 25.5 Å². The summed E-state index contributed by atoms with van der Waals surface area (Å²) in [7, 11) is 0. The number of para-hydroxylation sites is 1. The monoisotopic (exact) mass is 321 g/mol. The van der Waals surface area contributed by atoms with Crippen LogP contribution in [-0.4, -0.2) is 21.7 Å². The van der Waals surface area contributed by atoms with Gasteiger partial charge in [-0.3, -0.25) is 0 Å². The molecule has 0 radical (unpaired) electrons. The minimum atomic E-state index is 0.547. The van der Waals surface area contributed by atoms with Crippen molar-refractivity contribution in [1.82, 2.24) is 15.2 Å². The SMILES string of the molecule is CCCCNc1nncc(Nc2ccccc2Br)n1. The van der Waals surface area contributed by atoms with E-state index in [0.29, 0.717) is 11.8 Å². The van der Waals surface area contributed by atoms with Gasteiger partial charge in [-0.15, -0.1) is 5.10 Å². The van der Waals surface area contributed by atoms with Crippen LogP contribution in [0.1, 0.15) is 19.8 Å². The van der Waals surface area contributed by atoms with Gasteiger partial charge >= 0.3 is 0 Å². The Balaban J connectivity index is 2.05. The number of anilines is 3. The van der Waals surface area contributed by atoms with Crippen LogP contribution in [0.15, 0.2) is 34.9 Å². The smallest absolute Gasteiger partial charge is 0.244 e. The minimum Gasteiger partial charge on any atom is -0.353 e. The first-order chi connectivity index (χ1) is 9.29. The van der Waals surface area contributed by atoms with Gasteiger partial charge in [-0.05, 0) is 34.5 Å². The topological polar surface area (TPSA) is 62.7 Å². The van der Waals surface area contributed by atoms with Gasteiger partial charge in [0, 0.05) is 11.0 Å². The lowest BCUT2D eigenvalue weighted by atomic mass is 10.3. The maximum Gasteiger partial charge on any atom is 0.244 e. The third-order valence-electron chi connectivity index (χ3n) is 2.51. The minimum absolute atomic E-state index is 0.547. The van der Waals surface area contributed by atoms with Crippen molar-refractivity contribution >= 4 is 33.4 Å². The summed E-state index contributed by atoms with van der Waals surface area (Å²) in [5.41, 5.74) is 0.947. The molecule has 0 unspecified atom stereocenters. The molecule has 100 valence electrons. The number of hydrogen-bond acceptors (Lipinski definition) is 5. The molecule has 5 nitrogen and oxygen atoms in total. The van der Waals surface area contributed by atoms with Crippen molar-refractivity contribution in [2.45, 2.75) is 19.8 Å². The molecule has 2 rings (SSSR count). The van der Waals surface area contributed by atoms with Crippen LogP contribution in [0.25, 0.3) is 0 Å². The third-order valence-corrected chi connectivity index (χ3v) is 3.20. The number of hydrogen-bond donors (Lipinski definition) is 2. The van der Waals surface area contributed by atoms with E-state index in [-0.39, 0.29) is 0 Å². The summed E-state index contributed by atoms with van der Waals surface area (Å²) in [5.74, 6) is 1.21. The highest BCUT2D eigenvalue weighted by atomic mass is 79.9. The molecule has 19 heavy (non-hydrogen) atoms. The normalized spacial score (nSPS) is 10.2. The molecule has 2 aromatic rings. The fourth-order valence-corrected chi connectivity index (χ4v) is 1.90. The molecule has 0 aliphatic carbocycles. The van der Waals surface area contributed by atoms with Gasteiger partial charge in [-0.25, -0.2) is 0 Å². The third kappa shape index (κ3) is 4.17. The molecule has 1 heterocycles. The van der Waals surface area contributed by atoms with Gasteiger partial charge < -0.3 is 10.6 Å². The Morgan fingerprint density at radius 3 is 2.89 bits per heavy atom. The molecular weight excluding hydrogens is 306 g/mol. The van der Waals surface area contributed by atoms with E-state index < -0.39 is 0 Å². The summed E-state index contributed by atoms with van der Waals surface area (Å²) < 4.78 is 0.981. The Labute approximate surface area is 121 Å². The first-order valence-electron chi connectivity index (χ1n) is 6.24. The highest BCUT2D eigenvalue weighted by Gasteiger charge is 2.02. The van der Waals surface area contributed by atoms with E-state index in [1.807, 2.05) is 24.3 Å². The van der Waals surface area contributed by atoms with E-state index in [1.165, 1.54) is 0 Å². The number of benzene rings is 1. The van der Waals surface area contributed by atoms with Crippen LogP contribution in [0.3, 0.4) is 0 Å². The van der Waals surface area contributed by atoms with Gasteiger partial charge in [0.2, 0.25) is 5.95 Å². The number of unbranched alkanes of at least 4 members (excludes halogenated alkanes) is 1. The van der Waals surface area contributed by atoms with Crippen LogP contribution in [0.2, 0.25) is 0 Å². The van der Waals surface area contributed by atoms with Crippen molar-refractivity contribution in [3.63, 3.8) is 0 Å². The molecule has 0 fully saturated rings. The Morgan fingerprint density at radius 2 is 2.11 bits per heavy atom. The Morgan fingerprint density at radius 1 is 1.26 bits per heavy atom. The number of aromatic nitrogens is 3. The van der Waals surface area contributed by atoms with Crippen LogP contribution in [-0.2, 0) is 0 Å². The van der Waals surface area contributed by atoms with Gasteiger partial charge in [0.15, 0.2) is 5.82 Å². The fourth-order valence-electron chi connectivity index (χ4n) is 1.52. The molecule has 1 aromatic heterocycles. The summed E-state index contributed by atoms with van der Waals surface area (Å²) in [6, 6.07) is 7.86. The molecule has 0 amide bonds. The maximum atomic E-state index is 4.36. The van der Waals surface area contributed by atoms with E-state index in [1.54, 1.807) is 6.20 Å². The van der Waals surface area contributed by atoms with Gasteiger partial charge in [0.1, 0.15) is 0 Å². The summed E-state index contributed by atoms with van der Waals surface area (Å²) in [6.07, 6.45) is 3.82. The van der Waals surface area contributed by atoms with Gasteiger partial charge in [0.25, 0.3) is 0 Å². The Kier molecular flexibility index (Phi) is 5.09. The van der Waals surface area contributed by atoms with Crippen molar-refractivity contribution in [1.29, 1.82) is 0 Å². The Bertz CT molecular complexity index is 532. The molecule has 0 bridgehead atoms. The van der Waals surface area contributed by atoms with E-state index in [2.05, 4.69) is 48.7 Å². The van der Waals surface area contributed by atoms with Crippen molar-refractivity contribution in [3.05, 3.63) is 34.9 Å². The second-order valence-corrected chi connectivity index (χ2v) is 4.90. The summed E-state index contributed by atoms with van der Waals surface area (Å²) in [6.45, 7) is 3.00. The van der Waals surface area contributed by atoms with Crippen LogP contribution in [0, 0.1) is 0 Å². The number of rotatable bonds is 6. The first-order valence-corrected chi connectivity index (χ1v) is 7.04. The van der Waals surface area contributed by atoms with Crippen molar-refractivity contribution in [2.24, 2.45) is 0 Å². The summed E-state index contributed by atoms with van der Waals surface area (Å²) >= 11 is 3.48. The summed E-state index contributed by atoms with van der Waals surface area (Å²) in [5, 5.41) is 14.2. The van der Waals surface area contributed by atoms with E-state index >= 15 is 0 Å². The Hall–Kier alpha value is -1.69. The molecule has 2 N–H and O–H groups in total. The standard InChI is InChI=1S/C13H16BrN5/c1-2-3-8-15-13-18-12(9-16-19-13)17-11-7-5-4-6-10(11)14/h4-7,9H,2-3,8H2,1H3,(H2,15,17,18,19). The molecule has 0 aliphatic heterocycles. The average Bonchev–Trinajstić information content (AvgIpc) is 2.42. The molecule has 1 aromatic carbocycles. The molecule has 0 atom stereocenters. The molecule has 6 heteroatoms. The van der Waals surface area contributed by atoms with Crippen LogP contribution < -0.4 is 10.6 Å². The lowest BCUT2D eigenvalue weighted by Crippen LogP contribution is -2.07. The van der Waals surface area contributed by atoms with E-state index in [4.69, 9.17) is 0 Å². The van der Waals surface area contributed by atoms with Gasteiger partial charge in [-0.2, -0.15) is 10.1 Å². The molecule has 0 saturated heterocycles. The van der Waals surface area contributed by atoms with Crippen LogP contribution >= 0.6 is 15.9 Å². The number of nitrogens with one attached hydrogen (secondary N) is 2. The average molecular weight is 322 g/mol. The van der Waals surface area contributed by atoms with E-state index in [0.717, 1.165) is 29.5 Å². The first kappa shape index (κ1) is 13.7. The highest BCUT2D eigenvalue weighted by molar-refractivity contribution is 9.10. The highest BCUT2D eigenvalue weighted by Crippen LogP contribution is 2.24. The largest absolute Gasteiger partial charge is 0.353 e. The van der Waals surface area contributed by atoms with Crippen LogP contribution in [0.4, 0.5) is 17.5 Å². The second kappa shape index (κ2) is 7.04. The number of nitrogens with zero attached hydrogens (tertiary/aromatic N) is 3. The zero-order chi connectivity index (χ0) is 13.5. The molecular formula is C13H16BrN5. The van der Waals surface area contributed by atoms with Crippen molar-refractivity contribution < 1.29 is 0 Å². The van der Waals surface area contributed by atoms with Crippen LogP contribution in [0.5, 0.6) is 0 Å². The van der Waals surface area contributed by atoms with Crippen molar-refractivity contribution in [2.75, 3.05) is 17.2 Å². The predicted molar refractivity (Wildman–Crippen MR) is 80.6 cm³/mol. The number of halogens is 1. The zero-order valence-corrected chi connectivity index (χ0v) is 12.3. The molecule has 0 saturated carbocycles.